The summed E-state index contributed by atoms with van der Waals surface area (Å²) >= 11 is 1.65. The van der Waals surface area contributed by atoms with Gasteiger partial charge in [-0.15, -0.1) is 11.3 Å². The minimum atomic E-state index is -0.0747. The van der Waals surface area contributed by atoms with Crippen LogP contribution in [0.2, 0.25) is 0 Å². The normalized spacial score (nSPS) is 13.7. The average Bonchev–Trinajstić information content (AvgIpc) is 3.12. The predicted molar refractivity (Wildman–Crippen MR) is 128 cm³/mol. The molecule has 3 aromatic rings. The van der Waals surface area contributed by atoms with Crippen LogP contribution in [0.4, 0.5) is 5.69 Å². The lowest BCUT2D eigenvalue weighted by molar-refractivity contribution is -0.116. The zero-order valence-electron chi connectivity index (χ0n) is 18.8. The SMILES string of the molecule is CC(C)c1cccc(C(C)C)c1NC(=O)CCn1cnc2sc3c(c2c1=O)CCCC3. The molecule has 1 aromatic carbocycles. The van der Waals surface area contributed by atoms with Gasteiger partial charge < -0.3 is 5.32 Å². The quantitative estimate of drug-likeness (QED) is 0.545. The molecule has 0 atom stereocenters. The zero-order chi connectivity index (χ0) is 22.1. The van der Waals surface area contributed by atoms with E-state index in [9.17, 15) is 9.59 Å². The van der Waals surface area contributed by atoms with E-state index in [1.54, 1.807) is 22.2 Å². The summed E-state index contributed by atoms with van der Waals surface area (Å²) in [5.74, 6) is 0.551. The molecule has 0 saturated heterocycles. The number of hydrogen-bond donors (Lipinski definition) is 1. The number of rotatable bonds is 6. The van der Waals surface area contributed by atoms with Crippen LogP contribution in [0.15, 0.2) is 29.3 Å². The van der Waals surface area contributed by atoms with Crippen LogP contribution in [0.5, 0.6) is 0 Å². The molecule has 0 unspecified atom stereocenters. The van der Waals surface area contributed by atoms with Crippen LogP contribution in [0.25, 0.3) is 10.2 Å². The Bertz CT molecular complexity index is 1150. The monoisotopic (exact) mass is 437 g/mol. The highest BCUT2D eigenvalue weighted by Gasteiger charge is 2.20. The van der Waals surface area contributed by atoms with Crippen LogP contribution in [0.1, 0.15) is 80.4 Å². The molecule has 0 aliphatic heterocycles. The molecule has 1 N–H and O–H groups in total. The van der Waals surface area contributed by atoms with Crippen LogP contribution in [0.3, 0.4) is 0 Å². The number of carbonyl (C=O) groups is 1. The van der Waals surface area contributed by atoms with Gasteiger partial charge in [0.05, 0.1) is 11.7 Å². The molecule has 6 heteroatoms. The van der Waals surface area contributed by atoms with Gasteiger partial charge in [0.1, 0.15) is 4.83 Å². The van der Waals surface area contributed by atoms with E-state index in [-0.39, 0.29) is 17.9 Å². The van der Waals surface area contributed by atoms with Gasteiger partial charge in [0.25, 0.3) is 5.56 Å². The number of benzene rings is 1. The molecular formula is C25H31N3O2S. The molecule has 5 nitrogen and oxygen atoms in total. The number of amides is 1. The van der Waals surface area contributed by atoms with E-state index >= 15 is 0 Å². The fraction of sp³-hybridized carbons (Fsp3) is 0.480. The van der Waals surface area contributed by atoms with Gasteiger partial charge in [-0.2, -0.15) is 0 Å². The van der Waals surface area contributed by atoms with Crippen molar-refractivity contribution in [2.45, 2.75) is 78.2 Å². The molecule has 1 aliphatic rings. The number of para-hydroxylation sites is 1. The van der Waals surface area contributed by atoms with E-state index < -0.39 is 0 Å². The largest absolute Gasteiger partial charge is 0.326 e. The molecule has 0 saturated carbocycles. The number of thiophene rings is 1. The maximum atomic E-state index is 13.1. The van der Waals surface area contributed by atoms with Crippen molar-refractivity contribution in [2.75, 3.05) is 5.32 Å². The van der Waals surface area contributed by atoms with Gasteiger partial charge in [-0.05, 0) is 54.2 Å². The van der Waals surface area contributed by atoms with Crippen molar-refractivity contribution in [1.82, 2.24) is 9.55 Å². The number of anilines is 1. The van der Waals surface area contributed by atoms with E-state index in [1.165, 1.54) is 16.9 Å². The van der Waals surface area contributed by atoms with Crippen molar-refractivity contribution in [3.05, 3.63) is 56.4 Å². The van der Waals surface area contributed by atoms with Gasteiger partial charge in [-0.1, -0.05) is 45.9 Å². The Kier molecular flexibility index (Phi) is 6.28. The fourth-order valence-electron chi connectivity index (χ4n) is 4.46. The molecule has 0 spiro atoms. The first kappa shape index (κ1) is 21.8. The molecular weight excluding hydrogens is 406 g/mol. The van der Waals surface area contributed by atoms with Gasteiger partial charge >= 0.3 is 0 Å². The van der Waals surface area contributed by atoms with Crippen molar-refractivity contribution in [2.24, 2.45) is 0 Å². The van der Waals surface area contributed by atoms with Crippen molar-refractivity contribution >= 4 is 33.1 Å². The second-order valence-corrected chi connectivity index (χ2v) is 10.1. The Morgan fingerprint density at radius 2 is 1.81 bits per heavy atom. The topological polar surface area (TPSA) is 64.0 Å². The maximum Gasteiger partial charge on any atom is 0.262 e. The maximum absolute atomic E-state index is 13.1. The summed E-state index contributed by atoms with van der Waals surface area (Å²) in [6.07, 6.45) is 6.16. The summed E-state index contributed by atoms with van der Waals surface area (Å²) in [4.78, 5) is 32.6. The number of carbonyl (C=O) groups excluding carboxylic acids is 1. The van der Waals surface area contributed by atoms with Gasteiger partial charge in [0, 0.05) is 23.5 Å². The summed E-state index contributed by atoms with van der Waals surface area (Å²) in [7, 11) is 0. The molecule has 4 rings (SSSR count). The van der Waals surface area contributed by atoms with E-state index in [2.05, 4.69) is 56.2 Å². The standard InChI is InChI=1S/C25H31N3O2S/c1-15(2)17-9-7-10-18(16(3)4)23(17)27-21(29)12-13-28-14-26-24-22(25(28)30)19-8-5-6-11-20(19)31-24/h7,9-10,14-16H,5-6,8,11-13H2,1-4H3,(H,27,29). The van der Waals surface area contributed by atoms with E-state index in [1.807, 2.05) is 0 Å². The molecule has 0 bridgehead atoms. The molecule has 164 valence electrons. The Hall–Kier alpha value is -2.47. The summed E-state index contributed by atoms with van der Waals surface area (Å²) in [5, 5.41) is 3.91. The third kappa shape index (κ3) is 4.31. The predicted octanol–water partition coefficient (Wildman–Crippen LogP) is 5.61. The van der Waals surface area contributed by atoms with E-state index in [4.69, 9.17) is 0 Å². The van der Waals surface area contributed by atoms with Gasteiger partial charge in [0.15, 0.2) is 0 Å². The van der Waals surface area contributed by atoms with E-state index in [0.29, 0.717) is 18.4 Å². The van der Waals surface area contributed by atoms with Crippen LogP contribution >= 0.6 is 11.3 Å². The number of nitrogens with one attached hydrogen (secondary N) is 1. The third-order valence-electron chi connectivity index (χ3n) is 6.16. The number of aromatic nitrogens is 2. The Labute approximate surface area is 187 Å². The highest BCUT2D eigenvalue weighted by Crippen LogP contribution is 2.34. The Morgan fingerprint density at radius 1 is 1.13 bits per heavy atom. The highest BCUT2D eigenvalue weighted by atomic mass is 32.1. The zero-order valence-corrected chi connectivity index (χ0v) is 19.6. The van der Waals surface area contributed by atoms with Gasteiger partial charge in [0.2, 0.25) is 5.91 Å². The smallest absolute Gasteiger partial charge is 0.262 e. The molecule has 0 radical (unpaired) electrons. The molecule has 2 heterocycles. The van der Waals surface area contributed by atoms with Crippen LogP contribution in [-0.4, -0.2) is 15.5 Å². The van der Waals surface area contributed by atoms with Gasteiger partial charge in [-0.3, -0.25) is 14.2 Å². The van der Waals surface area contributed by atoms with E-state index in [0.717, 1.165) is 46.3 Å². The first-order chi connectivity index (χ1) is 14.9. The minimum Gasteiger partial charge on any atom is -0.326 e. The highest BCUT2D eigenvalue weighted by molar-refractivity contribution is 7.18. The van der Waals surface area contributed by atoms with Crippen LogP contribution in [-0.2, 0) is 24.2 Å². The van der Waals surface area contributed by atoms with Crippen molar-refractivity contribution < 1.29 is 4.79 Å². The Balaban J connectivity index is 1.54. The first-order valence-electron chi connectivity index (χ1n) is 11.3. The second-order valence-electron chi connectivity index (χ2n) is 9.05. The fourth-order valence-corrected chi connectivity index (χ4v) is 5.68. The van der Waals surface area contributed by atoms with Crippen LogP contribution < -0.4 is 10.9 Å². The van der Waals surface area contributed by atoms with Crippen molar-refractivity contribution in [3.63, 3.8) is 0 Å². The van der Waals surface area contributed by atoms with Gasteiger partial charge in [-0.25, -0.2) is 4.98 Å². The number of aryl methyl sites for hydroxylation is 3. The lowest BCUT2D eigenvalue weighted by Crippen LogP contribution is -2.24. The number of fused-ring (bicyclic) bond motifs is 3. The van der Waals surface area contributed by atoms with Crippen LogP contribution in [0, 0.1) is 0 Å². The molecule has 31 heavy (non-hydrogen) atoms. The number of hydrogen-bond acceptors (Lipinski definition) is 4. The summed E-state index contributed by atoms with van der Waals surface area (Å²) in [6, 6.07) is 6.21. The summed E-state index contributed by atoms with van der Waals surface area (Å²) < 4.78 is 1.60. The lowest BCUT2D eigenvalue weighted by Gasteiger charge is -2.20. The molecule has 1 amide bonds. The van der Waals surface area contributed by atoms with Crippen molar-refractivity contribution in [1.29, 1.82) is 0 Å². The lowest BCUT2D eigenvalue weighted by atomic mass is 9.92. The number of nitrogens with zero attached hydrogens (tertiary/aromatic N) is 2. The molecule has 0 fully saturated rings. The molecule has 1 aliphatic carbocycles. The minimum absolute atomic E-state index is 0.0114. The summed E-state index contributed by atoms with van der Waals surface area (Å²) in [6.45, 7) is 8.88. The first-order valence-corrected chi connectivity index (χ1v) is 12.1. The molecule has 2 aromatic heterocycles. The second kappa shape index (κ2) is 8.95. The average molecular weight is 438 g/mol. The third-order valence-corrected chi connectivity index (χ3v) is 7.36. The Morgan fingerprint density at radius 3 is 2.48 bits per heavy atom. The summed E-state index contributed by atoms with van der Waals surface area (Å²) in [5.41, 5.74) is 4.39. The van der Waals surface area contributed by atoms with Crippen molar-refractivity contribution in [3.8, 4) is 0 Å².